The molecule has 0 bridgehead atoms. The highest BCUT2D eigenvalue weighted by atomic mass is 35.5. The summed E-state index contributed by atoms with van der Waals surface area (Å²) in [4.78, 5) is 10.9. The maximum absolute atomic E-state index is 10.9. The number of carbonyl (C=O) groups is 1. The first-order chi connectivity index (χ1) is 9.67. The van der Waals surface area contributed by atoms with Gasteiger partial charge in [0.2, 0.25) is 0 Å². The van der Waals surface area contributed by atoms with E-state index in [1.807, 2.05) is 31.2 Å². The van der Waals surface area contributed by atoms with Gasteiger partial charge in [-0.2, -0.15) is 0 Å². The van der Waals surface area contributed by atoms with Crippen molar-refractivity contribution in [3.05, 3.63) is 24.3 Å². The van der Waals surface area contributed by atoms with Crippen LogP contribution in [-0.2, 0) is 4.79 Å². The van der Waals surface area contributed by atoms with Gasteiger partial charge in [-0.15, -0.1) is 12.4 Å². The monoisotopic (exact) mass is 317 g/mol. The van der Waals surface area contributed by atoms with E-state index in [-0.39, 0.29) is 12.4 Å². The number of carboxylic acids is 1. The van der Waals surface area contributed by atoms with E-state index in [1.54, 1.807) is 7.11 Å². The van der Waals surface area contributed by atoms with E-state index in [0.29, 0.717) is 19.6 Å². The van der Waals surface area contributed by atoms with Crippen molar-refractivity contribution in [2.24, 2.45) is 0 Å². The van der Waals surface area contributed by atoms with Gasteiger partial charge in [0.1, 0.15) is 17.5 Å². The topological polar surface area (TPSA) is 67.8 Å². The first-order valence-electron chi connectivity index (χ1n) is 6.90. The predicted octanol–water partition coefficient (Wildman–Crippen LogP) is 2.73. The molecule has 5 nitrogen and oxygen atoms in total. The van der Waals surface area contributed by atoms with E-state index >= 15 is 0 Å². The van der Waals surface area contributed by atoms with E-state index < -0.39 is 12.0 Å². The quantitative estimate of drug-likeness (QED) is 0.649. The number of carboxylic acid groups (broad SMARTS) is 1. The molecule has 0 spiro atoms. The van der Waals surface area contributed by atoms with E-state index in [4.69, 9.17) is 14.6 Å². The Morgan fingerprint density at radius 3 is 2.43 bits per heavy atom. The summed E-state index contributed by atoms with van der Waals surface area (Å²) in [6.45, 7) is 3.16. The fourth-order valence-corrected chi connectivity index (χ4v) is 1.81. The molecular formula is C15H24ClNO4. The molecule has 120 valence electrons. The Balaban J connectivity index is 0.00000400. The molecule has 0 saturated heterocycles. The van der Waals surface area contributed by atoms with Gasteiger partial charge in [-0.1, -0.05) is 13.3 Å². The third-order valence-corrected chi connectivity index (χ3v) is 2.92. The molecule has 0 aromatic heterocycles. The largest absolute Gasteiger partial charge is 0.497 e. The fraction of sp³-hybridized carbons (Fsp3) is 0.533. The van der Waals surface area contributed by atoms with Crippen molar-refractivity contribution in [3.8, 4) is 11.5 Å². The summed E-state index contributed by atoms with van der Waals surface area (Å²) < 4.78 is 10.6. The van der Waals surface area contributed by atoms with Crippen molar-refractivity contribution in [1.29, 1.82) is 0 Å². The molecule has 1 unspecified atom stereocenters. The van der Waals surface area contributed by atoms with Crippen LogP contribution < -0.4 is 14.8 Å². The third-order valence-electron chi connectivity index (χ3n) is 2.92. The standard InChI is InChI=1S/C15H23NO4.ClH/c1-3-5-14(15(17)18)16-10-4-11-20-13-8-6-12(19-2)7-9-13;/h6-9,14,16H,3-5,10-11H2,1-2H3,(H,17,18);1H. The van der Waals surface area contributed by atoms with Crippen LogP contribution in [0.3, 0.4) is 0 Å². The molecule has 0 amide bonds. The van der Waals surface area contributed by atoms with Crippen LogP contribution in [0.25, 0.3) is 0 Å². The SMILES string of the molecule is CCCC(NCCCOc1ccc(OC)cc1)C(=O)O.Cl. The van der Waals surface area contributed by atoms with Crippen LogP contribution in [0.2, 0.25) is 0 Å². The Morgan fingerprint density at radius 2 is 1.90 bits per heavy atom. The van der Waals surface area contributed by atoms with Crippen molar-refractivity contribution in [2.45, 2.75) is 32.2 Å². The van der Waals surface area contributed by atoms with Crippen molar-refractivity contribution in [2.75, 3.05) is 20.3 Å². The highest BCUT2D eigenvalue weighted by Gasteiger charge is 2.14. The lowest BCUT2D eigenvalue weighted by Crippen LogP contribution is -2.37. The minimum Gasteiger partial charge on any atom is -0.497 e. The van der Waals surface area contributed by atoms with Crippen LogP contribution in [-0.4, -0.2) is 37.4 Å². The minimum absolute atomic E-state index is 0. The molecule has 6 heteroatoms. The first kappa shape index (κ1) is 19.5. The summed E-state index contributed by atoms with van der Waals surface area (Å²) in [6, 6.07) is 6.93. The third kappa shape index (κ3) is 7.78. The minimum atomic E-state index is -0.789. The Hall–Kier alpha value is -1.46. The summed E-state index contributed by atoms with van der Waals surface area (Å²) in [7, 11) is 1.62. The predicted molar refractivity (Wildman–Crippen MR) is 84.7 cm³/mol. The molecule has 0 heterocycles. The summed E-state index contributed by atoms with van der Waals surface area (Å²) in [6.07, 6.45) is 2.26. The molecule has 0 radical (unpaired) electrons. The van der Waals surface area contributed by atoms with Crippen LogP contribution in [0.4, 0.5) is 0 Å². The average molecular weight is 318 g/mol. The van der Waals surface area contributed by atoms with Crippen LogP contribution >= 0.6 is 12.4 Å². The van der Waals surface area contributed by atoms with E-state index in [0.717, 1.165) is 24.3 Å². The lowest BCUT2D eigenvalue weighted by molar-refractivity contribution is -0.139. The molecular weight excluding hydrogens is 294 g/mol. The second-order valence-electron chi connectivity index (χ2n) is 4.51. The van der Waals surface area contributed by atoms with Gasteiger partial charge in [-0.25, -0.2) is 0 Å². The number of halogens is 1. The summed E-state index contributed by atoms with van der Waals surface area (Å²) in [5, 5.41) is 12.0. The molecule has 0 aliphatic rings. The average Bonchev–Trinajstić information content (AvgIpc) is 2.46. The van der Waals surface area contributed by atoms with E-state index in [2.05, 4.69) is 5.32 Å². The molecule has 0 fully saturated rings. The molecule has 1 atom stereocenters. The zero-order valence-corrected chi connectivity index (χ0v) is 13.3. The number of hydrogen-bond donors (Lipinski definition) is 2. The van der Waals surface area contributed by atoms with Gasteiger partial charge < -0.3 is 19.9 Å². The van der Waals surface area contributed by atoms with Crippen molar-refractivity contribution in [3.63, 3.8) is 0 Å². The van der Waals surface area contributed by atoms with Gasteiger partial charge in [0.15, 0.2) is 0 Å². The number of hydrogen-bond acceptors (Lipinski definition) is 4. The Labute approximate surface area is 132 Å². The normalized spacial score (nSPS) is 11.3. The van der Waals surface area contributed by atoms with Crippen molar-refractivity contribution in [1.82, 2.24) is 5.32 Å². The fourth-order valence-electron chi connectivity index (χ4n) is 1.81. The van der Waals surface area contributed by atoms with Gasteiger partial charge in [0.05, 0.1) is 13.7 Å². The molecule has 21 heavy (non-hydrogen) atoms. The molecule has 1 aromatic carbocycles. The van der Waals surface area contributed by atoms with Crippen LogP contribution in [0.15, 0.2) is 24.3 Å². The number of benzene rings is 1. The Morgan fingerprint density at radius 1 is 1.29 bits per heavy atom. The second-order valence-corrected chi connectivity index (χ2v) is 4.51. The van der Waals surface area contributed by atoms with Crippen molar-refractivity contribution < 1.29 is 19.4 Å². The highest BCUT2D eigenvalue weighted by Crippen LogP contribution is 2.16. The van der Waals surface area contributed by atoms with Gasteiger partial charge >= 0.3 is 5.97 Å². The summed E-state index contributed by atoms with van der Waals surface area (Å²) >= 11 is 0. The summed E-state index contributed by atoms with van der Waals surface area (Å²) in [5.74, 6) is 0.792. The molecule has 0 aliphatic carbocycles. The number of nitrogens with one attached hydrogen (secondary N) is 1. The highest BCUT2D eigenvalue weighted by molar-refractivity contribution is 5.85. The van der Waals surface area contributed by atoms with Gasteiger partial charge in [0.25, 0.3) is 0 Å². The number of aliphatic carboxylic acids is 1. The maximum atomic E-state index is 10.9. The van der Waals surface area contributed by atoms with Crippen molar-refractivity contribution >= 4 is 18.4 Å². The smallest absolute Gasteiger partial charge is 0.320 e. The molecule has 1 rings (SSSR count). The Kier molecular flexibility index (Phi) is 10.4. The Bertz CT molecular complexity index is 397. The van der Waals surface area contributed by atoms with Gasteiger partial charge in [0, 0.05) is 0 Å². The zero-order chi connectivity index (χ0) is 14.8. The molecule has 0 aliphatic heterocycles. The zero-order valence-electron chi connectivity index (χ0n) is 12.5. The lowest BCUT2D eigenvalue weighted by atomic mass is 10.1. The van der Waals surface area contributed by atoms with E-state index in [1.165, 1.54) is 0 Å². The maximum Gasteiger partial charge on any atom is 0.320 e. The summed E-state index contributed by atoms with van der Waals surface area (Å²) in [5.41, 5.74) is 0. The van der Waals surface area contributed by atoms with Crippen LogP contribution in [0.1, 0.15) is 26.2 Å². The van der Waals surface area contributed by atoms with Gasteiger partial charge in [-0.05, 0) is 43.7 Å². The number of methoxy groups -OCH3 is 1. The second kappa shape index (κ2) is 11.2. The van der Waals surface area contributed by atoms with Crippen LogP contribution in [0.5, 0.6) is 11.5 Å². The van der Waals surface area contributed by atoms with Gasteiger partial charge in [-0.3, -0.25) is 4.79 Å². The molecule has 2 N–H and O–H groups in total. The van der Waals surface area contributed by atoms with E-state index in [9.17, 15) is 4.79 Å². The first-order valence-corrected chi connectivity index (χ1v) is 6.90. The molecule has 0 saturated carbocycles. The number of rotatable bonds is 10. The molecule has 1 aromatic rings. The van der Waals surface area contributed by atoms with Crippen LogP contribution in [0, 0.1) is 0 Å². The number of ether oxygens (including phenoxy) is 2. The lowest BCUT2D eigenvalue weighted by Gasteiger charge is -2.13.